The maximum atomic E-state index is 12.8. The van der Waals surface area contributed by atoms with Crippen LogP contribution in [0, 0.1) is 0 Å². The van der Waals surface area contributed by atoms with Crippen LogP contribution in [0.15, 0.2) is 53.1 Å². The van der Waals surface area contributed by atoms with Gasteiger partial charge in [-0.05, 0) is 17.7 Å². The van der Waals surface area contributed by atoms with Crippen LogP contribution >= 0.6 is 0 Å². The summed E-state index contributed by atoms with van der Waals surface area (Å²) >= 11 is 0. The lowest BCUT2D eigenvalue weighted by Crippen LogP contribution is -2.52. The third kappa shape index (κ3) is 4.02. The highest BCUT2D eigenvalue weighted by atomic mass is 16.5. The first kappa shape index (κ1) is 16.3. The molecule has 1 saturated heterocycles. The summed E-state index contributed by atoms with van der Waals surface area (Å²) in [5.41, 5.74) is 0.990. The average molecular weight is 328 g/mol. The van der Waals surface area contributed by atoms with E-state index in [1.54, 1.807) is 17.0 Å². The number of morpholine rings is 1. The van der Waals surface area contributed by atoms with Crippen molar-refractivity contribution in [3.05, 3.63) is 60.1 Å². The second kappa shape index (κ2) is 7.79. The van der Waals surface area contributed by atoms with E-state index in [1.165, 1.54) is 6.26 Å². The number of hydrogen-bond acceptors (Lipinski definition) is 4. The molecule has 24 heavy (non-hydrogen) atoms. The lowest BCUT2D eigenvalue weighted by atomic mass is 10.0. The molecular formula is C18H20N2O4. The zero-order valence-electron chi connectivity index (χ0n) is 13.3. The van der Waals surface area contributed by atoms with E-state index in [-0.39, 0.29) is 17.6 Å². The number of nitrogens with zero attached hydrogens (tertiary/aromatic N) is 1. The Balaban J connectivity index is 1.74. The molecule has 1 aliphatic heterocycles. The van der Waals surface area contributed by atoms with Crippen molar-refractivity contribution in [3.8, 4) is 0 Å². The molecule has 0 bridgehead atoms. The fraction of sp³-hybridized carbons (Fsp3) is 0.333. The predicted molar refractivity (Wildman–Crippen MR) is 87.5 cm³/mol. The molecule has 6 heteroatoms. The summed E-state index contributed by atoms with van der Waals surface area (Å²) in [6.45, 7) is 2.13. The fourth-order valence-electron chi connectivity index (χ4n) is 2.69. The Hall–Kier alpha value is -2.60. The van der Waals surface area contributed by atoms with Crippen LogP contribution in [0.2, 0.25) is 0 Å². The van der Waals surface area contributed by atoms with Crippen LogP contribution in [-0.2, 0) is 16.0 Å². The molecule has 1 N–H and O–H groups in total. The van der Waals surface area contributed by atoms with Gasteiger partial charge in [0.15, 0.2) is 5.76 Å². The van der Waals surface area contributed by atoms with Crippen molar-refractivity contribution in [2.75, 3.05) is 26.3 Å². The van der Waals surface area contributed by atoms with Gasteiger partial charge in [0.25, 0.3) is 5.91 Å². The molecule has 1 aromatic heterocycles. The first-order valence-electron chi connectivity index (χ1n) is 7.99. The van der Waals surface area contributed by atoms with E-state index >= 15 is 0 Å². The minimum Gasteiger partial charge on any atom is -0.459 e. The van der Waals surface area contributed by atoms with Gasteiger partial charge < -0.3 is 19.4 Å². The van der Waals surface area contributed by atoms with Gasteiger partial charge in [0.05, 0.1) is 19.5 Å². The zero-order chi connectivity index (χ0) is 16.8. The minimum absolute atomic E-state index is 0.0953. The summed E-state index contributed by atoms with van der Waals surface area (Å²) < 4.78 is 10.4. The highest BCUT2D eigenvalue weighted by Crippen LogP contribution is 2.09. The standard InChI is InChI=1S/C18H20N2O4/c21-17(16-7-4-10-24-16)19-15(13-14-5-2-1-3-6-14)18(22)20-8-11-23-12-9-20/h1-7,10,15H,8-9,11-13H2,(H,19,21). The molecule has 3 rings (SSSR count). The molecule has 0 saturated carbocycles. The third-order valence-corrected chi connectivity index (χ3v) is 3.95. The summed E-state index contributed by atoms with van der Waals surface area (Å²) in [6.07, 6.45) is 1.87. The molecule has 6 nitrogen and oxygen atoms in total. The van der Waals surface area contributed by atoms with Gasteiger partial charge in [0, 0.05) is 19.5 Å². The number of rotatable bonds is 5. The van der Waals surface area contributed by atoms with Crippen LogP contribution < -0.4 is 5.32 Å². The van der Waals surface area contributed by atoms with Crippen molar-refractivity contribution in [1.29, 1.82) is 0 Å². The van der Waals surface area contributed by atoms with Gasteiger partial charge in [-0.25, -0.2) is 0 Å². The first-order valence-corrected chi connectivity index (χ1v) is 7.99. The Morgan fingerprint density at radius 2 is 1.83 bits per heavy atom. The van der Waals surface area contributed by atoms with Gasteiger partial charge in [0.2, 0.25) is 5.91 Å². The molecule has 0 radical (unpaired) electrons. The van der Waals surface area contributed by atoms with Crippen LogP contribution in [0.3, 0.4) is 0 Å². The van der Waals surface area contributed by atoms with E-state index in [2.05, 4.69) is 5.32 Å². The number of furan rings is 1. The lowest BCUT2D eigenvalue weighted by molar-refractivity contribution is -0.137. The van der Waals surface area contributed by atoms with Crippen LogP contribution in [0.5, 0.6) is 0 Å². The third-order valence-electron chi connectivity index (χ3n) is 3.95. The van der Waals surface area contributed by atoms with Gasteiger partial charge in [-0.2, -0.15) is 0 Å². The molecule has 1 atom stereocenters. The second-order valence-corrected chi connectivity index (χ2v) is 5.63. The van der Waals surface area contributed by atoms with Crippen molar-refractivity contribution < 1.29 is 18.7 Å². The van der Waals surface area contributed by atoms with Gasteiger partial charge in [-0.3, -0.25) is 9.59 Å². The van der Waals surface area contributed by atoms with E-state index in [0.29, 0.717) is 32.7 Å². The molecular weight excluding hydrogens is 308 g/mol. The lowest BCUT2D eigenvalue weighted by Gasteiger charge is -2.30. The zero-order valence-corrected chi connectivity index (χ0v) is 13.3. The minimum atomic E-state index is -0.636. The molecule has 2 heterocycles. The van der Waals surface area contributed by atoms with Gasteiger partial charge in [0.1, 0.15) is 6.04 Å². The number of nitrogens with one attached hydrogen (secondary N) is 1. The maximum absolute atomic E-state index is 12.8. The van der Waals surface area contributed by atoms with E-state index in [4.69, 9.17) is 9.15 Å². The Morgan fingerprint density at radius 1 is 1.08 bits per heavy atom. The molecule has 2 amide bonds. The van der Waals surface area contributed by atoms with Crippen LogP contribution in [0.25, 0.3) is 0 Å². The largest absolute Gasteiger partial charge is 0.459 e. The van der Waals surface area contributed by atoms with Crippen molar-refractivity contribution in [2.24, 2.45) is 0 Å². The molecule has 126 valence electrons. The molecule has 1 fully saturated rings. The highest BCUT2D eigenvalue weighted by molar-refractivity contribution is 5.95. The van der Waals surface area contributed by atoms with E-state index in [1.807, 2.05) is 30.3 Å². The van der Waals surface area contributed by atoms with E-state index in [9.17, 15) is 9.59 Å². The molecule has 1 unspecified atom stereocenters. The Morgan fingerprint density at radius 3 is 2.50 bits per heavy atom. The SMILES string of the molecule is O=C(NC(Cc1ccccc1)C(=O)N1CCOCC1)c1ccco1. The molecule has 2 aromatic rings. The van der Waals surface area contributed by atoms with Gasteiger partial charge >= 0.3 is 0 Å². The van der Waals surface area contributed by atoms with Crippen LogP contribution in [0.1, 0.15) is 16.1 Å². The van der Waals surface area contributed by atoms with E-state index in [0.717, 1.165) is 5.56 Å². The van der Waals surface area contributed by atoms with Crippen molar-refractivity contribution in [3.63, 3.8) is 0 Å². The quantitative estimate of drug-likeness (QED) is 0.902. The van der Waals surface area contributed by atoms with Gasteiger partial charge in [-0.1, -0.05) is 30.3 Å². The number of amides is 2. The number of carbonyl (C=O) groups is 2. The molecule has 0 spiro atoms. The number of carbonyl (C=O) groups excluding carboxylic acids is 2. The molecule has 1 aliphatic rings. The summed E-state index contributed by atoms with van der Waals surface area (Å²) in [4.78, 5) is 26.9. The van der Waals surface area contributed by atoms with Gasteiger partial charge in [-0.15, -0.1) is 0 Å². The molecule has 1 aromatic carbocycles. The smallest absolute Gasteiger partial charge is 0.287 e. The summed E-state index contributed by atoms with van der Waals surface area (Å²) in [6, 6.07) is 12.2. The Labute approximate surface area is 140 Å². The summed E-state index contributed by atoms with van der Waals surface area (Å²) in [5, 5.41) is 2.80. The Kier molecular flexibility index (Phi) is 5.28. The highest BCUT2D eigenvalue weighted by Gasteiger charge is 2.28. The van der Waals surface area contributed by atoms with Crippen LogP contribution in [0.4, 0.5) is 0 Å². The monoisotopic (exact) mass is 328 g/mol. The van der Waals surface area contributed by atoms with E-state index < -0.39 is 6.04 Å². The Bertz CT molecular complexity index is 664. The predicted octanol–water partition coefficient (Wildman–Crippen LogP) is 1.48. The molecule has 0 aliphatic carbocycles. The fourth-order valence-corrected chi connectivity index (χ4v) is 2.69. The first-order chi connectivity index (χ1) is 11.7. The number of ether oxygens (including phenoxy) is 1. The number of benzene rings is 1. The van der Waals surface area contributed by atoms with Crippen LogP contribution in [-0.4, -0.2) is 49.1 Å². The summed E-state index contributed by atoms with van der Waals surface area (Å²) in [5.74, 6) is -0.285. The second-order valence-electron chi connectivity index (χ2n) is 5.63. The summed E-state index contributed by atoms with van der Waals surface area (Å²) in [7, 11) is 0. The van der Waals surface area contributed by atoms with Crippen molar-refractivity contribution in [2.45, 2.75) is 12.5 Å². The normalized spacial score (nSPS) is 15.8. The van der Waals surface area contributed by atoms with Crippen molar-refractivity contribution in [1.82, 2.24) is 10.2 Å². The topological polar surface area (TPSA) is 71.8 Å². The average Bonchev–Trinajstić information content (AvgIpc) is 3.17. The maximum Gasteiger partial charge on any atom is 0.287 e. The van der Waals surface area contributed by atoms with Crippen molar-refractivity contribution >= 4 is 11.8 Å². The number of hydrogen-bond donors (Lipinski definition) is 1.